The van der Waals surface area contributed by atoms with Gasteiger partial charge in [-0.3, -0.25) is 19.2 Å². The number of nitrogens with one attached hydrogen (secondary N) is 3. The third-order valence-corrected chi connectivity index (χ3v) is 11.1. The molecule has 1 atom stereocenters. The summed E-state index contributed by atoms with van der Waals surface area (Å²) in [7, 11) is 0. The standard InChI is InChI=1S/C29H57N3O5S2.C5H11NOS/c1-11-27(4,5)25(34)32-28(6,7)14-17-36-19-20-37-18-16-31-26(35)29(8,9)23(38-10)13-12-15-30-24(33)21-39-22(2)3;1-4(2)8-3-5(6)7/h22-23H,11-21H2,1-10H3,(H,30,33)(H,31,35)(H,32,34);4H,3H2,1-2H3,(H2,6,7). The van der Waals surface area contributed by atoms with Gasteiger partial charge in [-0.1, -0.05) is 48.5 Å². The molecular weight excluding hydrogens is 657 g/mol. The fourth-order valence-corrected chi connectivity index (χ4v) is 5.97. The summed E-state index contributed by atoms with van der Waals surface area (Å²) in [5, 5.41) is 10.2. The van der Waals surface area contributed by atoms with Crippen LogP contribution in [-0.2, 0) is 28.7 Å². The van der Waals surface area contributed by atoms with E-state index < -0.39 is 5.41 Å². The molecule has 0 bridgehead atoms. The van der Waals surface area contributed by atoms with E-state index in [0.29, 0.717) is 67.9 Å². The summed E-state index contributed by atoms with van der Waals surface area (Å²) in [6.45, 7) is 25.1. The Morgan fingerprint density at radius 1 is 0.766 bits per heavy atom. The Hall–Kier alpha value is -1.15. The van der Waals surface area contributed by atoms with Gasteiger partial charge < -0.3 is 31.2 Å². The van der Waals surface area contributed by atoms with E-state index in [0.717, 1.165) is 19.3 Å². The van der Waals surface area contributed by atoms with Gasteiger partial charge in [0.1, 0.15) is 0 Å². The Kier molecular flexibility index (Phi) is 26.3. The molecule has 0 heterocycles. The minimum Gasteiger partial charge on any atom is -0.379 e. The van der Waals surface area contributed by atoms with E-state index in [1.165, 1.54) is 0 Å². The van der Waals surface area contributed by atoms with E-state index in [1.54, 1.807) is 35.3 Å². The number of carbonyl (C=O) groups excluding carboxylic acids is 4. The predicted molar refractivity (Wildman–Crippen MR) is 203 cm³/mol. The lowest BCUT2D eigenvalue weighted by Crippen LogP contribution is -2.49. The van der Waals surface area contributed by atoms with Gasteiger partial charge in [0.2, 0.25) is 23.6 Å². The molecule has 0 radical (unpaired) electrons. The molecule has 1 unspecified atom stereocenters. The number of carbonyl (C=O) groups is 4. The minimum atomic E-state index is -0.533. The average Bonchev–Trinajstić information content (AvgIpc) is 2.97. The summed E-state index contributed by atoms with van der Waals surface area (Å²) in [6.07, 6.45) is 5.22. The van der Waals surface area contributed by atoms with E-state index in [4.69, 9.17) is 15.2 Å². The number of rotatable bonds is 25. The molecule has 47 heavy (non-hydrogen) atoms. The summed E-state index contributed by atoms with van der Waals surface area (Å²) < 4.78 is 11.3. The number of hydrogen-bond acceptors (Lipinski definition) is 9. The highest BCUT2D eigenvalue weighted by Gasteiger charge is 2.36. The zero-order valence-corrected chi connectivity index (χ0v) is 33.9. The molecule has 0 aliphatic carbocycles. The first-order chi connectivity index (χ1) is 21.7. The summed E-state index contributed by atoms with van der Waals surface area (Å²) in [6, 6.07) is 0. The normalized spacial score (nSPS) is 12.7. The molecule has 0 aromatic carbocycles. The number of ether oxygens (including phenoxy) is 2. The van der Waals surface area contributed by atoms with Crippen LogP contribution in [0.25, 0.3) is 0 Å². The molecule has 4 amide bonds. The second-order valence-corrected chi connectivity index (χ2v) is 18.1. The maximum Gasteiger partial charge on any atom is 0.230 e. The highest BCUT2D eigenvalue weighted by Crippen LogP contribution is 2.33. The summed E-state index contributed by atoms with van der Waals surface area (Å²) in [5.41, 5.74) is 3.63. The molecule has 0 aliphatic rings. The molecule has 10 nitrogen and oxygen atoms in total. The Balaban J connectivity index is 0. The third kappa shape index (κ3) is 25.5. The lowest BCUT2D eigenvalue weighted by Gasteiger charge is -2.32. The summed E-state index contributed by atoms with van der Waals surface area (Å²) in [4.78, 5) is 47.3. The zero-order chi connectivity index (χ0) is 36.7. The molecule has 5 N–H and O–H groups in total. The molecule has 0 saturated carbocycles. The lowest BCUT2D eigenvalue weighted by atomic mass is 9.85. The van der Waals surface area contributed by atoms with E-state index in [-0.39, 0.29) is 39.8 Å². The fraction of sp³-hybridized carbons (Fsp3) is 0.882. The minimum absolute atomic E-state index is 0.00889. The third-order valence-electron chi connectivity index (χ3n) is 7.47. The topological polar surface area (TPSA) is 149 Å². The van der Waals surface area contributed by atoms with Gasteiger partial charge in [0.15, 0.2) is 0 Å². The second kappa shape index (κ2) is 25.8. The number of nitrogens with two attached hydrogens (primary N) is 1. The largest absolute Gasteiger partial charge is 0.379 e. The molecule has 0 spiro atoms. The molecule has 0 aromatic rings. The van der Waals surface area contributed by atoms with Crippen LogP contribution in [0.3, 0.4) is 0 Å². The van der Waals surface area contributed by atoms with Crippen molar-refractivity contribution >= 4 is 58.9 Å². The van der Waals surface area contributed by atoms with Crippen molar-refractivity contribution in [3.05, 3.63) is 0 Å². The van der Waals surface area contributed by atoms with Crippen LogP contribution in [0.5, 0.6) is 0 Å². The number of amides is 4. The maximum atomic E-state index is 12.9. The van der Waals surface area contributed by atoms with Gasteiger partial charge in [0.25, 0.3) is 0 Å². The highest BCUT2D eigenvalue weighted by molar-refractivity contribution is 8.00. The maximum absolute atomic E-state index is 12.9. The molecule has 0 rings (SSSR count). The SMILES string of the molecule is CC(C)SCC(N)=O.CCC(C)(C)C(=O)NC(C)(C)CCOCCOCCNC(=O)C(C)(C)C(CCCNC(=O)CSC(C)C)SC. The van der Waals surface area contributed by atoms with Crippen LogP contribution >= 0.6 is 35.3 Å². The highest BCUT2D eigenvalue weighted by atomic mass is 32.2. The van der Waals surface area contributed by atoms with Crippen molar-refractivity contribution in [3.8, 4) is 0 Å². The van der Waals surface area contributed by atoms with Gasteiger partial charge in [-0.05, 0) is 70.1 Å². The molecule has 0 saturated heterocycles. The van der Waals surface area contributed by atoms with Crippen molar-refractivity contribution in [2.24, 2.45) is 16.6 Å². The van der Waals surface area contributed by atoms with Crippen molar-refractivity contribution in [1.82, 2.24) is 16.0 Å². The Morgan fingerprint density at radius 3 is 1.81 bits per heavy atom. The molecule has 13 heteroatoms. The Labute approximate surface area is 299 Å². The van der Waals surface area contributed by atoms with Crippen molar-refractivity contribution in [2.75, 3.05) is 57.3 Å². The van der Waals surface area contributed by atoms with E-state index >= 15 is 0 Å². The van der Waals surface area contributed by atoms with Gasteiger partial charge >= 0.3 is 0 Å². The molecule has 0 aromatic heterocycles. The van der Waals surface area contributed by atoms with Gasteiger partial charge in [0, 0.05) is 35.9 Å². The quantitative estimate of drug-likeness (QED) is 0.0925. The van der Waals surface area contributed by atoms with Gasteiger partial charge in [-0.15, -0.1) is 23.5 Å². The number of hydrogen-bond donors (Lipinski definition) is 4. The van der Waals surface area contributed by atoms with E-state index in [2.05, 4.69) is 29.8 Å². The van der Waals surface area contributed by atoms with Crippen LogP contribution in [0, 0.1) is 10.8 Å². The molecular formula is C34H68N4O6S3. The van der Waals surface area contributed by atoms with Gasteiger partial charge in [-0.25, -0.2) is 0 Å². The molecule has 0 aliphatic heterocycles. The van der Waals surface area contributed by atoms with Crippen molar-refractivity contribution in [1.29, 1.82) is 0 Å². The predicted octanol–water partition coefficient (Wildman–Crippen LogP) is 5.27. The van der Waals surface area contributed by atoms with Crippen LogP contribution < -0.4 is 21.7 Å². The van der Waals surface area contributed by atoms with Crippen LogP contribution in [0.2, 0.25) is 0 Å². The number of thioether (sulfide) groups is 3. The first-order valence-corrected chi connectivity index (χ1v) is 20.2. The second-order valence-electron chi connectivity index (χ2n) is 13.9. The first kappa shape index (κ1) is 48.0. The Morgan fingerprint density at radius 2 is 1.32 bits per heavy atom. The van der Waals surface area contributed by atoms with Crippen LogP contribution in [-0.4, -0.2) is 102 Å². The number of primary amides is 1. The van der Waals surface area contributed by atoms with Gasteiger partial charge in [0.05, 0.1) is 36.7 Å². The fourth-order valence-electron chi connectivity index (χ4n) is 3.79. The smallest absolute Gasteiger partial charge is 0.230 e. The van der Waals surface area contributed by atoms with E-state index in [9.17, 15) is 19.2 Å². The van der Waals surface area contributed by atoms with E-state index in [1.807, 2.05) is 68.6 Å². The van der Waals surface area contributed by atoms with Gasteiger partial charge in [-0.2, -0.15) is 11.8 Å². The van der Waals surface area contributed by atoms with Crippen LogP contribution in [0.15, 0.2) is 0 Å². The monoisotopic (exact) mass is 724 g/mol. The molecule has 278 valence electrons. The Bertz CT molecular complexity index is 901. The van der Waals surface area contributed by atoms with Crippen molar-refractivity contribution in [3.63, 3.8) is 0 Å². The summed E-state index contributed by atoms with van der Waals surface area (Å²) in [5.74, 6) is 0.838. The lowest BCUT2D eigenvalue weighted by molar-refractivity contribution is -0.131. The van der Waals surface area contributed by atoms with Crippen LogP contribution in [0.4, 0.5) is 0 Å². The first-order valence-electron chi connectivity index (χ1n) is 16.8. The van der Waals surface area contributed by atoms with Crippen LogP contribution in [0.1, 0.15) is 102 Å². The molecule has 0 fully saturated rings. The zero-order valence-electron chi connectivity index (χ0n) is 31.5. The van der Waals surface area contributed by atoms with Crippen molar-refractivity contribution in [2.45, 2.75) is 123 Å². The summed E-state index contributed by atoms with van der Waals surface area (Å²) >= 11 is 4.89. The van der Waals surface area contributed by atoms with Crippen molar-refractivity contribution < 1.29 is 28.7 Å². The average molecular weight is 725 g/mol.